The monoisotopic (exact) mass is 369 g/mol. The van der Waals surface area contributed by atoms with Crippen molar-refractivity contribution in [3.05, 3.63) is 18.2 Å². The van der Waals surface area contributed by atoms with Gasteiger partial charge in [-0.25, -0.2) is 4.98 Å². The molecule has 0 saturated heterocycles. The topological polar surface area (TPSA) is 54.5 Å². The molecule has 1 amide bonds. The number of rotatable bonds is 6. The van der Waals surface area contributed by atoms with E-state index in [9.17, 15) is 4.79 Å². The molecule has 1 N–H and O–H groups in total. The third-order valence-corrected chi connectivity index (χ3v) is 5.65. The van der Waals surface area contributed by atoms with Gasteiger partial charge in [-0.3, -0.25) is 4.79 Å². The number of thioether (sulfide) groups is 1. The molecular formula is C15H19N3O2S3. The number of anilines is 1. The molecule has 0 saturated carbocycles. The number of ether oxygens (including phenoxy) is 1. The predicted octanol–water partition coefficient (Wildman–Crippen LogP) is 3.60. The lowest BCUT2D eigenvalue weighted by Crippen LogP contribution is -2.28. The van der Waals surface area contributed by atoms with E-state index in [1.807, 2.05) is 32.0 Å². The average Bonchev–Trinajstić information content (AvgIpc) is 2.95. The highest BCUT2D eigenvalue weighted by molar-refractivity contribution is 8.23. The van der Waals surface area contributed by atoms with Crippen LogP contribution in [0.2, 0.25) is 0 Å². The van der Waals surface area contributed by atoms with Crippen molar-refractivity contribution in [3.63, 3.8) is 0 Å². The number of thiazole rings is 1. The summed E-state index contributed by atoms with van der Waals surface area (Å²) in [4.78, 5) is 18.5. The third-order valence-electron chi connectivity index (χ3n) is 3.19. The van der Waals surface area contributed by atoms with Crippen molar-refractivity contribution in [2.45, 2.75) is 13.8 Å². The zero-order valence-corrected chi connectivity index (χ0v) is 15.7. The summed E-state index contributed by atoms with van der Waals surface area (Å²) >= 11 is 8.12. The minimum absolute atomic E-state index is 0.101. The Morgan fingerprint density at radius 3 is 2.83 bits per heavy atom. The van der Waals surface area contributed by atoms with E-state index in [0.29, 0.717) is 5.13 Å². The number of thiocarbonyl (C=S) groups is 1. The first-order chi connectivity index (χ1) is 11.1. The second-order valence-electron chi connectivity index (χ2n) is 4.63. The first-order valence-corrected chi connectivity index (χ1v) is 9.44. The van der Waals surface area contributed by atoms with Gasteiger partial charge in [-0.2, -0.15) is 0 Å². The summed E-state index contributed by atoms with van der Waals surface area (Å²) in [5, 5.41) is 3.42. The van der Waals surface area contributed by atoms with E-state index in [1.165, 1.54) is 23.1 Å². The molecule has 0 fully saturated rings. The molecule has 0 aliphatic rings. The number of aromatic nitrogens is 1. The van der Waals surface area contributed by atoms with Crippen LogP contribution in [0.5, 0.6) is 5.75 Å². The number of amides is 1. The summed E-state index contributed by atoms with van der Waals surface area (Å²) in [5.41, 5.74) is 0.845. The summed E-state index contributed by atoms with van der Waals surface area (Å²) in [6, 6.07) is 5.64. The van der Waals surface area contributed by atoms with Crippen molar-refractivity contribution >= 4 is 60.9 Å². The van der Waals surface area contributed by atoms with Crippen LogP contribution in [0.15, 0.2) is 18.2 Å². The molecule has 1 heterocycles. The molecule has 2 aromatic rings. The minimum atomic E-state index is -0.101. The fraction of sp³-hybridized carbons (Fsp3) is 0.400. The second kappa shape index (κ2) is 8.47. The Hall–Kier alpha value is -1.38. The van der Waals surface area contributed by atoms with E-state index in [4.69, 9.17) is 17.0 Å². The van der Waals surface area contributed by atoms with Crippen LogP contribution in [-0.4, -0.2) is 46.1 Å². The van der Waals surface area contributed by atoms with Crippen molar-refractivity contribution in [2.24, 2.45) is 0 Å². The zero-order valence-electron chi connectivity index (χ0n) is 13.3. The summed E-state index contributed by atoms with van der Waals surface area (Å²) in [6.07, 6.45) is 0. The smallest absolute Gasteiger partial charge is 0.236 e. The lowest BCUT2D eigenvalue weighted by molar-refractivity contribution is -0.113. The highest BCUT2D eigenvalue weighted by Crippen LogP contribution is 2.29. The molecule has 8 heteroatoms. The van der Waals surface area contributed by atoms with Gasteiger partial charge in [-0.05, 0) is 32.0 Å². The molecule has 0 atom stereocenters. The lowest BCUT2D eigenvalue weighted by atomic mass is 10.3. The number of nitrogens with zero attached hydrogens (tertiary/aromatic N) is 2. The van der Waals surface area contributed by atoms with Crippen LogP contribution in [-0.2, 0) is 4.79 Å². The largest absolute Gasteiger partial charge is 0.497 e. The quantitative estimate of drug-likeness (QED) is 0.785. The molecule has 1 aromatic heterocycles. The van der Waals surface area contributed by atoms with Gasteiger partial charge in [0.25, 0.3) is 0 Å². The van der Waals surface area contributed by atoms with E-state index in [2.05, 4.69) is 15.2 Å². The molecule has 0 aliphatic heterocycles. The zero-order chi connectivity index (χ0) is 16.8. The van der Waals surface area contributed by atoms with E-state index in [-0.39, 0.29) is 11.7 Å². The number of carbonyl (C=O) groups excluding carboxylic acids is 1. The normalized spacial score (nSPS) is 10.6. The van der Waals surface area contributed by atoms with Crippen molar-refractivity contribution in [1.82, 2.24) is 9.88 Å². The van der Waals surface area contributed by atoms with Crippen molar-refractivity contribution in [3.8, 4) is 5.75 Å². The van der Waals surface area contributed by atoms with Gasteiger partial charge in [-0.1, -0.05) is 35.3 Å². The Kier molecular flexibility index (Phi) is 6.61. The van der Waals surface area contributed by atoms with Gasteiger partial charge in [0.2, 0.25) is 5.91 Å². The van der Waals surface area contributed by atoms with Gasteiger partial charge < -0.3 is 15.0 Å². The second-order valence-corrected chi connectivity index (χ2v) is 7.27. The van der Waals surface area contributed by atoms with Gasteiger partial charge in [0.05, 0.1) is 23.1 Å². The fourth-order valence-corrected chi connectivity index (χ4v) is 4.05. The van der Waals surface area contributed by atoms with Crippen LogP contribution < -0.4 is 10.1 Å². The molecular weight excluding hydrogens is 350 g/mol. The Labute approximate surface area is 149 Å². The SMILES string of the molecule is CCN(CC)C(=S)SCC(=O)Nc1nc2ccc(OC)cc2s1. The molecule has 0 unspecified atom stereocenters. The number of benzene rings is 1. The highest BCUT2D eigenvalue weighted by Gasteiger charge is 2.12. The number of fused-ring (bicyclic) bond motifs is 1. The number of methoxy groups -OCH3 is 1. The molecule has 0 radical (unpaired) electrons. The average molecular weight is 370 g/mol. The number of hydrogen-bond acceptors (Lipinski definition) is 6. The van der Waals surface area contributed by atoms with Gasteiger partial charge >= 0.3 is 0 Å². The van der Waals surface area contributed by atoms with Gasteiger partial charge in [-0.15, -0.1) is 0 Å². The molecule has 0 spiro atoms. The van der Waals surface area contributed by atoms with E-state index < -0.39 is 0 Å². The van der Waals surface area contributed by atoms with Crippen LogP contribution in [0.4, 0.5) is 5.13 Å². The molecule has 124 valence electrons. The number of carbonyl (C=O) groups is 1. The van der Waals surface area contributed by atoms with E-state index >= 15 is 0 Å². The third kappa shape index (κ3) is 4.79. The molecule has 2 rings (SSSR count). The molecule has 0 bridgehead atoms. The highest BCUT2D eigenvalue weighted by atomic mass is 32.2. The maximum atomic E-state index is 12.0. The minimum Gasteiger partial charge on any atom is -0.497 e. The number of nitrogens with one attached hydrogen (secondary N) is 1. The molecule has 23 heavy (non-hydrogen) atoms. The standard InChI is InChI=1S/C15H19N3O2S3/c1-4-18(5-2)15(21)22-9-13(19)17-14-16-11-7-6-10(20-3)8-12(11)23-14/h6-8H,4-5,9H2,1-3H3,(H,16,17,19). The number of hydrogen-bond donors (Lipinski definition) is 1. The molecule has 0 aliphatic carbocycles. The van der Waals surface area contributed by atoms with E-state index in [1.54, 1.807) is 7.11 Å². The summed E-state index contributed by atoms with van der Waals surface area (Å²) in [7, 11) is 1.63. The Morgan fingerprint density at radius 2 is 2.17 bits per heavy atom. The van der Waals surface area contributed by atoms with Crippen molar-refractivity contribution < 1.29 is 9.53 Å². The van der Waals surface area contributed by atoms with Crippen LogP contribution >= 0.6 is 35.3 Å². The van der Waals surface area contributed by atoms with Crippen molar-refractivity contribution in [1.29, 1.82) is 0 Å². The Balaban J connectivity index is 1.94. The van der Waals surface area contributed by atoms with E-state index in [0.717, 1.165) is 33.4 Å². The van der Waals surface area contributed by atoms with Crippen LogP contribution in [0.1, 0.15) is 13.8 Å². The first kappa shape index (κ1) is 18.0. The Morgan fingerprint density at radius 1 is 1.43 bits per heavy atom. The predicted molar refractivity (Wildman–Crippen MR) is 103 cm³/mol. The van der Waals surface area contributed by atoms with Crippen LogP contribution in [0.3, 0.4) is 0 Å². The van der Waals surface area contributed by atoms with Crippen molar-refractivity contribution in [2.75, 3.05) is 31.3 Å². The fourth-order valence-electron chi connectivity index (χ4n) is 1.94. The van der Waals surface area contributed by atoms with Gasteiger partial charge in [0.15, 0.2) is 5.13 Å². The van der Waals surface area contributed by atoms with Gasteiger partial charge in [0, 0.05) is 13.1 Å². The summed E-state index contributed by atoms with van der Waals surface area (Å²) < 4.78 is 6.92. The molecule has 1 aromatic carbocycles. The maximum absolute atomic E-state index is 12.0. The molecule has 5 nitrogen and oxygen atoms in total. The summed E-state index contributed by atoms with van der Waals surface area (Å²) in [5.74, 6) is 0.962. The van der Waals surface area contributed by atoms with Crippen LogP contribution in [0, 0.1) is 0 Å². The maximum Gasteiger partial charge on any atom is 0.236 e. The Bertz CT molecular complexity index is 698. The summed E-state index contributed by atoms with van der Waals surface area (Å²) in [6.45, 7) is 5.80. The van der Waals surface area contributed by atoms with Crippen LogP contribution in [0.25, 0.3) is 10.2 Å². The first-order valence-electron chi connectivity index (χ1n) is 7.23. The lowest BCUT2D eigenvalue weighted by Gasteiger charge is -2.20. The van der Waals surface area contributed by atoms with Gasteiger partial charge in [0.1, 0.15) is 10.1 Å².